The monoisotopic (exact) mass is 298 g/mol. The summed E-state index contributed by atoms with van der Waals surface area (Å²) in [6.07, 6.45) is 1.65. The van der Waals surface area contributed by atoms with Gasteiger partial charge in [-0.25, -0.2) is 0 Å². The van der Waals surface area contributed by atoms with E-state index < -0.39 is 0 Å². The first kappa shape index (κ1) is 14.0. The van der Waals surface area contributed by atoms with Crippen LogP contribution in [0.15, 0.2) is 48.0 Å². The molecule has 3 aromatic rings. The normalized spacial score (nSPS) is 14.0. The second-order valence-electron chi connectivity index (χ2n) is 5.19. The fraction of sp³-hybridized carbons (Fsp3) is 0.235. The highest BCUT2D eigenvalue weighted by Crippen LogP contribution is 2.33. The van der Waals surface area contributed by atoms with E-state index in [2.05, 4.69) is 23.4 Å². The highest BCUT2D eigenvalue weighted by atomic mass is 32.1. The Bertz CT molecular complexity index is 746. The van der Waals surface area contributed by atoms with Gasteiger partial charge in [-0.15, -0.1) is 11.3 Å². The van der Waals surface area contributed by atoms with Crippen molar-refractivity contribution < 1.29 is 4.74 Å². The van der Waals surface area contributed by atoms with Crippen LogP contribution in [-0.4, -0.2) is 11.0 Å². The Kier molecular flexibility index (Phi) is 3.90. The van der Waals surface area contributed by atoms with Gasteiger partial charge in [0.1, 0.15) is 11.9 Å². The van der Waals surface area contributed by atoms with Gasteiger partial charge in [-0.05, 0) is 55.1 Å². The number of nitrogens with two attached hydrogens (primary N) is 1. The van der Waals surface area contributed by atoms with Crippen molar-refractivity contribution >= 4 is 22.2 Å². The van der Waals surface area contributed by atoms with Crippen LogP contribution in [0.1, 0.15) is 23.5 Å². The Balaban J connectivity index is 2.01. The molecule has 4 heteroatoms. The highest BCUT2D eigenvalue weighted by molar-refractivity contribution is 7.10. The quantitative estimate of drug-likeness (QED) is 0.789. The molecule has 2 N–H and O–H groups in total. The molecule has 0 amide bonds. The number of aromatic nitrogens is 1. The van der Waals surface area contributed by atoms with Crippen LogP contribution in [-0.2, 0) is 0 Å². The minimum absolute atomic E-state index is 0.0886. The fourth-order valence-electron chi connectivity index (χ4n) is 2.39. The second-order valence-corrected chi connectivity index (χ2v) is 6.14. The molecule has 0 saturated carbocycles. The van der Waals surface area contributed by atoms with E-state index >= 15 is 0 Å². The van der Waals surface area contributed by atoms with E-state index in [1.54, 1.807) is 17.5 Å². The zero-order valence-corrected chi connectivity index (χ0v) is 12.9. The third-order valence-corrected chi connectivity index (χ3v) is 4.58. The SMILES string of the molecule is Cc1ccsc1C(Oc1cccc2ncccc12)C(C)N. The van der Waals surface area contributed by atoms with Crippen molar-refractivity contribution in [3.8, 4) is 5.75 Å². The molecule has 2 atom stereocenters. The van der Waals surface area contributed by atoms with E-state index in [0.717, 1.165) is 16.7 Å². The molecule has 0 radical (unpaired) electrons. The van der Waals surface area contributed by atoms with Crippen LogP contribution < -0.4 is 10.5 Å². The molecule has 3 rings (SSSR count). The zero-order chi connectivity index (χ0) is 14.8. The number of nitrogens with zero attached hydrogens (tertiary/aromatic N) is 1. The molecule has 2 heterocycles. The third kappa shape index (κ3) is 2.77. The number of rotatable bonds is 4. The van der Waals surface area contributed by atoms with Crippen LogP contribution in [0.3, 0.4) is 0 Å². The van der Waals surface area contributed by atoms with E-state index in [1.807, 2.05) is 37.3 Å². The Labute approximate surface area is 128 Å². The lowest BCUT2D eigenvalue weighted by molar-refractivity contribution is 0.186. The van der Waals surface area contributed by atoms with Gasteiger partial charge in [0, 0.05) is 22.5 Å². The Morgan fingerprint density at radius 2 is 2.05 bits per heavy atom. The van der Waals surface area contributed by atoms with E-state index in [4.69, 9.17) is 10.5 Å². The predicted octanol–water partition coefficient (Wildman–Crippen LogP) is 4.07. The molecule has 0 aliphatic carbocycles. The summed E-state index contributed by atoms with van der Waals surface area (Å²) < 4.78 is 6.26. The summed E-state index contributed by atoms with van der Waals surface area (Å²) in [5, 5.41) is 3.09. The van der Waals surface area contributed by atoms with Crippen molar-refractivity contribution in [3.63, 3.8) is 0 Å². The topological polar surface area (TPSA) is 48.1 Å². The number of fused-ring (bicyclic) bond motifs is 1. The van der Waals surface area contributed by atoms with Gasteiger partial charge in [-0.3, -0.25) is 4.98 Å². The van der Waals surface area contributed by atoms with Crippen LogP contribution in [0.5, 0.6) is 5.75 Å². The van der Waals surface area contributed by atoms with Crippen molar-refractivity contribution in [1.82, 2.24) is 4.98 Å². The largest absolute Gasteiger partial charge is 0.483 e. The number of aryl methyl sites for hydroxylation is 1. The van der Waals surface area contributed by atoms with Gasteiger partial charge in [-0.1, -0.05) is 6.07 Å². The highest BCUT2D eigenvalue weighted by Gasteiger charge is 2.22. The number of benzene rings is 1. The summed E-state index contributed by atoms with van der Waals surface area (Å²) in [6.45, 7) is 4.07. The first-order valence-electron chi connectivity index (χ1n) is 6.97. The Morgan fingerprint density at radius 1 is 1.19 bits per heavy atom. The fourth-order valence-corrected chi connectivity index (χ4v) is 3.46. The van der Waals surface area contributed by atoms with Crippen LogP contribution in [0, 0.1) is 6.92 Å². The van der Waals surface area contributed by atoms with Crippen molar-refractivity contribution in [2.75, 3.05) is 0 Å². The van der Waals surface area contributed by atoms with Crippen molar-refractivity contribution in [3.05, 3.63) is 58.4 Å². The Hall–Kier alpha value is -1.91. The number of hydrogen-bond acceptors (Lipinski definition) is 4. The van der Waals surface area contributed by atoms with Gasteiger partial charge in [0.2, 0.25) is 0 Å². The summed E-state index contributed by atoms with van der Waals surface area (Å²) in [7, 11) is 0. The number of hydrogen-bond donors (Lipinski definition) is 1. The van der Waals surface area contributed by atoms with Crippen molar-refractivity contribution in [2.24, 2.45) is 5.73 Å². The predicted molar refractivity (Wildman–Crippen MR) is 87.8 cm³/mol. The molecule has 0 spiro atoms. The molecule has 0 fully saturated rings. The lowest BCUT2D eigenvalue weighted by Gasteiger charge is -2.23. The molecular weight excluding hydrogens is 280 g/mol. The first-order chi connectivity index (χ1) is 10.2. The van der Waals surface area contributed by atoms with Gasteiger partial charge < -0.3 is 10.5 Å². The standard InChI is InChI=1S/C17H18N2OS/c1-11-8-10-21-17(11)16(12(2)18)20-15-7-3-6-14-13(15)5-4-9-19-14/h3-10,12,16H,18H2,1-2H3. The van der Waals surface area contributed by atoms with Gasteiger partial charge in [-0.2, -0.15) is 0 Å². The van der Waals surface area contributed by atoms with E-state index in [1.165, 1.54) is 10.4 Å². The summed E-state index contributed by atoms with van der Waals surface area (Å²) >= 11 is 1.69. The minimum Gasteiger partial charge on any atom is -0.483 e. The molecule has 0 saturated heterocycles. The molecule has 0 aliphatic rings. The average Bonchev–Trinajstić information content (AvgIpc) is 2.90. The molecule has 108 valence electrons. The van der Waals surface area contributed by atoms with Crippen molar-refractivity contribution in [1.29, 1.82) is 0 Å². The molecule has 1 aromatic carbocycles. The zero-order valence-electron chi connectivity index (χ0n) is 12.1. The number of ether oxygens (including phenoxy) is 1. The maximum absolute atomic E-state index is 6.26. The number of thiophene rings is 1. The second kappa shape index (κ2) is 5.84. The van der Waals surface area contributed by atoms with Crippen LogP contribution in [0.25, 0.3) is 10.9 Å². The summed E-state index contributed by atoms with van der Waals surface area (Å²) in [5.41, 5.74) is 8.31. The maximum atomic E-state index is 6.26. The molecule has 3 nitrogen and oxygen atoms in total. The molecule has 21 heavy (non-hydrogen) atoms. The molecule has 2 unspecified atom stereocenters. The van der Waals surface area contributed by atoms with Crippen LogP contribution in [0.2, 0.25) is 0 Å². The van der Waals surface area contributed by atoms with Crippen molar-refractivity contribution in [2.45, 2.75) is 26.0 Å². The van der Waals surface area contributed by atoms with E-state index in [0.29, 0.717) is 0 Å². The van der Waals surface area contributed by atoms with Gasteiger partial charge in [0.05, 0.1) is 5.52 Å². The van der Waals surface area contributed by atoms with E-state index in [-0.39, 0.29) is 12.1 Å². The summed E-state index contributed by atoms with van der Waals surface area (Å²) in [5.74, 6) is 0.829. The van der Waals surface area contributed by atoms with Crippen LogP contribution in [0.4, 0.5) is 0 Å². The molecule has 0 bridgehead atoms. The maximum Gasteiger partial charge on any atom is 0.148 e. The first-order valence-corrected chi connectivity index (χ1v) is 7.85. The van der Waals surface area contributed by atoms with Gasteiger partial charge in [0.15, 0.2) is 0 Å². The van der Waals surface area contributed by atoms with Gasteiger partial charge in [0.25, 0.3) is 0 Å². The minimum atomic E-state index is -0.143. The summed E-state index contributed by atoms with van der Waals surface area (Å²) in [4.78, 5) is 5.55. The lowest BCUT2D eigenvalue weighted by atomic mass is 10.1. The molecular formula is C17H18N2OS. The van der Waals surface area contributed by atoms with Crippen LogP contribution >= 0.6 is 11.3 Å². The average molecular weight is 298 g/mol. The molecule has 2 aromatic heterocycles. The molecule has 0 aliphatic heterocycles. The summed E-state index contributed by atoms with van der Waals surface area (Å²) in [6, 6.07) is 11.9. The van der Waals surface area contributed by atoms with Gasteiger partial charge >= 0.3 is 0 Å². The lowest BCUT2D eigenvalue weighted by Crippen LogP contribution is -2.28. The third-order valence-electron chi connectivity index (χ3n) is 3.50. The van der Waals surface area contributed by atoms with E-state index in [9.17, 15) is 0 Å². The Morgan fingerprint density at radius 3 is 2.76 bits per heavy atom. The smallest absolute Gasteiger partial charge is 0.148 e. The number of pyridine rings is 1.